The van der Waals surface area contributed by atoms with Crippen LogP contribution in [0.4, 0.5) is 11.4 Å². The van der Waals surface area contributed by atoms with Gasteiger partial charge in [-0.2, -0.15) is 0 Å². The minimum Gasteiger partial charge on any atom is -0.326 e. The first kappa shape index (κ1) is 19.6. The predicted molar refractivity (Wildman–Crippen MR) is 104 cm³/mol. The van der Waals surface area contributed by atoms with Crippen molar-refractivity contribution >= 4 is 58.0 Å². The van der Waals surface area contributed by atoms with Crippen molar-refractivity contribution in [2.45, 2.75) is 20.3 Å². The lowest BCUT2D eigenvalue weighted by atomic mass is 10.2. The molecule has 2 aromatic carbocycles. The lowest BCUT2D eigenvalue weighted by Gasteiger charge is -2.22. The zero-order valence-corrected chi connectivity index (χ0v) is 16.0. The third-order valence-electron chi connectivity index (χ3n) is 3.68. The number of nitrogens with one attached hydrogen (secondary N) is 1. The zero-order valence-electron chi connectivity index (χ0n) is 13.8. The quantitative estimate of drug-likeness (QED) is 0.738. The van der Waals surface area contributed by atoms with Crippen molar-refractivity contribution in [1.82, 2.24) is 0 Å². The molecule has 2 aromatic rings. The largest absolute Gasteiger partial charge is 0.326 e. The summed E-state index contributed by atoms with van der Waals surface area (Å²) in [5.74, 6) is -0.453. The number of hydrogen-bond acceptors (Lipinski definition) is 2. The molecule has 0 aromatic heterocycles. The molecule has 0 heterocycles. The van der Waals surface area contributed by atoms with Crippen LogP contribution < -0.4 is 10.2 Å². The lowest BCUT2D eigenvalue weighted by Crippen LogP contribution is -2.32. The minimum atomic E-state index is -0.227. The highest BCUT2D eigenvalue weighted by Gasteiger charge is 2.17. The molecule has 0 spiro atoms. The number of hydrogen-bond donors (Lipinski definition) is 1. The van der Waals surface area contributed by atoms with Gasteiger partial charge in [0, 0.05) is 35.6 Å². The fourth-order valence-corrected chi connectivity index (χ4v) is 2.87. The first-order valence-corrected chi connectivity index (χ1v) is 8.71. The summed E-state index contributed by atoms with van der Waals surface area (Å²) in [5, 5.41) is 4.24. The Morgan fingerprint density at radius 3 is 2.48 bits per heavy atom. The Labute approximate surface area is 161 Å². The van der Waals surface area contributed by atoms with E-state index < -0.39 is 0 Å². The lowest BCUT2D eigenvalue weighted by molar-refractivity contribution is -0.117. The molecule has 0 saturated heterocycles. The summed E-state index contributed by atoms with van der Waals surface area (Å²) in [6.07, 6.45) is 0.106. The molecule has 0 bridgehead atoms. The monoisotopic (exact) mass is 398 g/mol. The maximum atomic E-state index is 12.2. The Balaban J connectivity index is 2.08. The van der Waals surface area contributed by atoms with Gasteiger partial charge in [-0.15, -0.1) is 0 Å². The molecule has 132 valence electrons. The van der Waals surface area contributed by atoms with E-state index in [1.54, 1.807) is 36.4 Å². The molecule has 0 aliphatic heterocycles. The van der Waals surface area contributed by atoms with Crippen LogP contribution in [0.15, 0.2) is 36.4 Å². The Bertz CT molecular complexity index is 809. The van der Waals surface area contributed by atoms with E-state index in [0.717, 1.165) is 5.56 Å². The third-order valence-corrected chi connectivity index (χ3v) is 4.65. The highest BCUT2D eigenvalue weighted by atomic mass is 35.5. The fraction of sp³-hybridized carbons (Fsp3) is 0.222. The van der Waals surface area contributed by atoms with Crippen molar-refractivity contribution in [3.8, 4) is 0 Å². The molecule has 1 N–H and O–H groups in total. The van der Waals surface area contributed by atoms with Gasteiger partial charge in [0.2, 0.25) is 11.8 Å². The van der Waals surface area contributed by atoms with Crippen LogP contribution in [0.3, 0.4) is 0 Å². The van der Waals surface area contributed by atoms with Gasteiger partial charge in [-0.1, -0.05) is 40.9 Å². The first-order valence-electron chi connectivity index (χ1n) is 7.57. The van der Waals surface area contributed by atoms with Crippen molar-refractivity contribution in [2.75, 3.05) is 16.8 Å². The molecule has 0 aliphatic rings. The summed E-state index contributed by atoms with van der Waals surface area (Å²) in [7, 11) is 0. The Morgan fingerprint density at radius 1 is 1.08 bits per heavy atom. The van der Waals surface area contributed by atoms with Crippen LogP contribution in [0.2, 0.25) is 15.1 Å². The zero-order chi connectivity index (χ0) is 18.6. The van der Waals surface area contributed by atoms with E-state index in [1.165, 1.54) is 11.8 Å². The number of rotatable bonds is 5. The summed E-state index contributed by atoms with van der Waals surface area (Å²) in [6.45, 7) is 3.42. The molecule has 2 rings (SSSR count). The molecular weight excluding hydrogens is 383 g/mol. The predicted octanol–water partition coefficient (Wildman–Crippen LogP) is 5.34. The minimum absolute atomic E-state index is 0.106. The second-order valence-electron chi connectivity index (χ2n) is 5.48. The number of carbonyl (C=O) groups excluding carboxylic acids is 2. The second-order valence-corrected chi connectivity index (χ2v) is 6.73. The molecule has 2 amide bonds. The van der Waals surface area contributed by atoms with Gasteiger partial charge in [-0.25, -0.2) is 0 Å². The van der Waals surface area contributed by atoms with Crippen LogP contribution >= 0.6 is 34.8 Å². The van der Waals surface area contributed by atoms with Crippen LogP contribution in [-0.4, -0.2) is 18.4 Å². The van der Waals surface area contributed by atoms with E-state index in [0.29, 0.717) is 26.4 Å². The van der Waals surface area contributed by atoms with Crippen molar-refractivity contribution in [1.29, 1.82) is 0 Å². The van der Waals surface area contributed by atoms with Gasteiger partial charge in [0.05, 0.1) is 10.7 Å². The summed E-state index contributed by atoms with van der Waals surface area (Å²) in [5.41, 5.74) is 1.92. The average Bonchev–Trinajstić information content (AvgIpc) is 2.55. The SMILES string of the molecule is CC(=O)N(CCC(=O)Nc1cccc(Cl)c1C)c1cc(Cl)ccc1Cl. The summed E-state index contributed by atoms with van der Waals surface area (Å²) >= 11 is 18.2. The molecule has 7 heteroatoms. The number of carbonyl (C=O) groups is 2. The van der Waals surface area contributed by atoms with E-state index in [1.807, 2.05) is 6.92 Å². The van der Waals surface area contributed by atoms with E-state index in [9.17, 15) is 9.59 Å². The third kappa shape index (κ3) is 5.11. The standard InChI is InChI=1S/C18H17Cl3N2O2/c1-11-14(20)4-3-5-16(11)22-18(25)8-9-23(12(2)24)17-10-13(19)6-7-15(17)21/h3-7,10H,8-9H2,1-2H3,(H,22,25). The van der Waals surface area contributed by atoms with Crippen LogP contribution in [0.25, 0.3) is 0 Å². The smallest absolute Gasteiger partial charge is 0.226 e. The van der Waals surface area contributed by atoms with Gasteiger partial charge in [-0.3, -0.25) is 9.59 Å². The molecule has 0 fully saturated rings. The van der Waals surface area contributed by atoms with Crippen LogP contribution in [0.5, 0.6) is 0 Å². The average molecular weight is 400 g/mol. The number of halogens is 3. The summed E-state index contributed by atoms with van der Waals surface area (Å²) < 4.78 is 0. The molecule has 0 radical (unpaired) electrons. The number of nitrogens with zero attached hydrogens (tertiary/aromatic N) is 1. The fourth-order valence-electron chi connectivity index (χ4n) is 2.31. The van der Waals surface area contributed by atoms with E-state index in [4.69, 9.17) is 34.8 Å². The highest BCUT2D eigenvalue weighted by Crippen LogP contribution is 2.29. The topological polar surface area (TPSA) is 49.4 Å². The van der Waals surface area contributed by atoms with Crippen LogP contribution in [0, 0.1) is 6.92 Å². The van der Waals surface area contributed by atoms with Gasteiger partial charge in [0.25, 0.3) is 0 Å². The summed E-state index contributed by atoms with van der Waals surface area (Å²) in [4.78, 5) is 25.6. The normalized spacial score (nSPS) is 10.4. The van der Waals surface area contributed by atoms with Gasteiger partial charge in [-0.05, 0) is 42.8 Å². The first-order chi connectivity index (χ1) is 11.8. The molecule has 0 saturated carbocycles. The van der Waals surface area contributed by atoms with Crippen LogP contribution in [-0.2, 0) is 9.59 Å². The van der Waals surface area contributed by atoms with Gasteiger partial charge in [0.1, 0.15) is 0 Å². The molecule has 0 aliphatic carbocycles. The molecule has 4 nitrogen and oxygen atoms in total. The highest BCUT2D eigenvalue weighted by molar-refractivity contribution is 6.35. The molecule has 0 atom stereocenters. The van der Waals surface area contributed by atoms with E-state index in [-0.39, 0.29) is 24.8 Å². The Hall–Kier alpha value is -1.75. The van der Waals surface area contributed by atoms with E-state index >= 15 is 0 Å². The second kappa shape index (κ2) is 8.56. The van der Waals surface area contributed by atoms with Crippen molar-refractivity contribution in [3.63, 3.8) is 0 Å². The van der Waals surface area contributed by atoms with Crippen molar-refractivity contribution in [3.05, 3.63) is 57.0 Å². The molecule has 0 unspecified atom stereocenters. The molecular formula is C18H17Cl3N2O2. The van der Waals surface area contributed by atoms with Crippen molar-refractivity contribution in [2.24, 2.45) is 0 Å². The van der Waals surface area contributed by atoms with Crippen molar-refractivity contribution < 1.29 is 9.59 Å². The number of benzene rings is 2. The Morgan fingerprint density at radius 2 is 1.80 bits per heavy atom. The van der Waals surface area contributed by atoms with E-state index in [2.05, 4.69) is 5.32 Å². The van der Waals surface area contributed by atoms with Gasteiger partial charge >= 0.3 is 0 Å². The van der Waals surface area contributed by atoms with Crippen LogP contribution in [0.1, 0.15) is 18.9 Å². The Kier molecular flexibility index (Phi) is 6.71. The summed E-state index contributed by atoms with van der Waals surface area (Å²) in [6, 6.07) is 10.1. The van der Waals surface area contributed by atoms with Gasteiger partial charge in [0.15, 0.2) is 0 Å². The maximum Gasteiger partial charge on any atom is 0.226 e. The number of amides is 2. The number of anilines is 2. The van der Waals surface area contributed by atoms with Gasteiger partial charge < -0.3 is 10.2 Å². The maximum absolute atomic E-state index is 12.2. The molecule has 25 heavy (non-hydrogen) atoms.